The Morgan fingerprint density at radius 2 is 2.26 bits per heavy atom. The van der Waals surface area contributed by atoms with Crippen LogP contribution in [-0.2, 0) is 0 Å². The fourth-order valence-electron chi connectivity index (χ4n) is 1.73. The maximum absolute atomic E-state index is 5.97. The van der Waals surface area contributed by atoms with Crippen molar-refractivity contribution in [3.05, 3.63) is 28.5 Å². The third kappa shape index (κ3) is 3.13. The van der Waals surface area contributed by atoms with Crippen LogP contribution in [-0.4, -0.2) is 17.3 Å². The lowest BCUT2D eigenvalue weighted by atomic mass is 10.2. The average Bonchev–Trinajstić information content (AvgIpc) is 2.89. The summed E-state index contributed by atoms with van der Waals surface area (Å²) in [7, 11) is 1.61. The molecular formula is C13H16BrN3O2. The van der Waals surface area contributed by atoms with Crippen LogP contribution in [0.5, 0.6) is 5.75 Å². The molecule has 1 unspecified atom stereocenters. The Morgan fingerprint density at radius 1 is 1.47 bits per heavy atom. The number of hydrogen-bond acceptors (Lipinski definition) is 5. The molecule has 0 amide bonds. The van der Waals surface area contributed by atoms with Gasteiger partial charge in [0.1, 0.15) is 5.75 Å². The summed E-state index contributed by atoms with van der Waals surface area (Å²) >= 11 is 3.46. The maximum Gasteiger partial charge on any atom is 0.259 e. The molecule has 0 aliphatic heterocycles. The maximum atomic E-state index is 5.97. The number of nitrogens with two attached hydrogens (primary N) is 1. The van der Waals surface area contributed by atoms with Crippen LogP contribution in [0.25, 0.3) is 11.5 Å². The van der Waals surface area contributed by atoms with Crippen molar-refractivity contribution < 1.29 is 9.26 Å². The van der Waals surface area contributed by atoms with E-state index in [1.54, 1.807) is 7.11 Å². The second-order valence-electron chi connectivity index (χ2n) is 4.20. The Labute approximate surface area is 120 Å². The molecule has 0 saturated heterocycles. The average molecular weight is 326 g/mol. The first-order chi connectivity index (χ1) is 9.15. The number of methoxy groups -OCH3 is 1. The Hall–Kier alpha value is -1.40. The number of ether oxygens (including phenoxy) is 1. The molecule has 5 nitrogen and oxygen atoms in total. The summed E-state index contributed by atoms with van der Waals surface area (Å²) in [5, 5.41) is 3.93. The summed E-state index contributed by atoms with van der Waals surface area (Å²) < 4.78 is 11.3. The predicted octanol–water partition coefficient (Wildman–Crippen LogP) is 3.31. The molecule has 0 fully saturated rings. The third-order valence-electron chi connectivity index (χ3n) is 2.78. The van der Waals surface area contributed by atoms with E-state index in [1.807, 2.05) is 18.2 Å². The van der Waals surface area contributed by atoms with Crippen molar-refractivity contribution in [3.8, 4) is 17.2 Å². The molecular weight excluding hydrogens is 310 g/mol. The molecule has 2 aromatic rings. The summed E-state index contributed by atoms with van der Waals surface area (Å²) in [6.45, 7) is 2.07. The summed E-state index contributed by atoms with van der Waals surface area (Å²) in [6.07, 6.45) is 1.81. The van der Waals surface area contributed by atoms with Crippen molar-refractivity contribution in [1.82, 2.24) is 10.1 Å². The molecule has 1 aromatic heterocycles. The predicted molar refractivity (Wildman–Crippen MR) is 75.8 cm³/mol. The van der Waals surface area contributed by atoms with E-state index < -0.39 is 0 Å². The number of halogens is 1. The van der Waals surface area contributed by atoms with Crippen LogP contribution in [0.1, 0.15) is 31.6 Å². The van der Waals surface area contributed by atoms with Gasteiger partial charge in [-0.25, -0.2) is 0 Å². The molecule has 1 atom stereocenters. The molecule has 0 bridgehead atoms. The zero-order chi connectivity index (χ0) is 13.8. The number of benzene rings is 1. The molecule has 0 aliphatic rings. The molecule has 6 heteroatoms. The van der Waals surface area contributed by atoms with Gasteiger partial charge >= 0.3 is 0 Å². The van der Waals surface area contributed by atoms with E-state index in [2.05, 4.69) is 33.0 Å². The van der Waals surface area contributed by atoms with Crippen molar-refractivity contribution in [2.75, 3.05) is 7.11 Å². The van der Waals surface area contributed by atoms with Gasteiger partial charge in [-0.05, 0) is 40.5 Å². The number of hydrogen-bond donors (Lipinski definition) is 1. The fraction of sp³-hybridized carbons (Fsp3) is 0.385. The molecule has 1 aromatic carbocycles. The lowest BCUT2D eigenvalue weighted by Gasteiger charge is -2.04. The highest BCUT2D eigenvalue weighted by Gasteiger charge is 2.16. The minimum absolute atomic E-state index is 0.188. The molecule has 0 saturated carbocycles. The first kappa shape index (κ1) is 14.0. The highest BCUT2D eigenvalue weighted by atomic mass is 79.9. The Morgan fingerprint density at radius 3 is 2.95 bits per heavy atom. The van der Waals surface area contributed by atoms with Crippen molar-refractivity contribution in [2.45, 2.75) is 25.8 Å². The van der Waals surface area contributed by atoms with E-state index in [-0.39, 0.29) is 6.04 Å². The third-order valence-corrected chi connectivity index (χ3v) is 3.47. The molecule has 0 spiro atoms. The van der Waals surface area contributed by atoms with Gasteiger partial charge in [0.05, 0.1) is 18.7 Å². The molecule has 0 radical (unpaired) electrons. The van der Waals surface area contributed by atoms with Crippen molar-refractivity contribution in [1.29, 1.82) is 0 Å². The largest absolute Gasteiger partial charge is 0.497 e. The summed E-state index contributed by atoms with van der Waals surface area (Å²) in [4.78, 5) is 4.35. The van der Waals surface area contributed by atoms with Gasteiger partial charge in [-0.3, -0.25) is 0 Å². The van der Waals surface area contributed by atoms with Crippen LogP contribution in [0, 0.1) is 0 Å². The van der Waals surface area contributed by atoms with Gasteiger partial charge in [-0.15, -0.1) is 0 Å². The van der Waals surface area contributed by atoms with Gasteiger partial charge in [0.2, 0.25) is 0 Å². The molecule has 19 heavy (non-hydrogen) atoms. The lowest BCUT2D eigenvalue weighted by molar-refractivity contribution is 0.408. The second-order valence-corrected chi connectivity index (χ2v) is 5.05. The van der Waals surface area contributed by atoms with Crippen LogP contribution < -0.4 is 10.5 Å². The minimum Gasteiger partial charge on any atom is -0.497 e. The van der Waals surface area contributed by atoms with Gasteiger partial charge in [0.25, 0.3) is 5.89 Å². The van der Waals surface area contributed by atoms with Crippen molar-refractivity contribution in [3.63, 3.8) is 0 Å². The topological polar surface area (TPSA) is 74.2 Å². The summed E-state index contributed by atoms with van der Waals surface area (Å²) in [5.41, 5.74) is 6.76. The Bertz CT molecular complexity index is 557. The SMILES string of the molecule is CCCC(N)c1noc(-c2cc(OC)ccc2Br)n1. The Kier molecular flexibility index (Phi) is 4.55. The monoisotopic (exact) mass is 325 g/mol. The van der Waals surface area contributed by atoms with E-state index >= 15 is 0 Å². The number of nitrogens with zero attached hydrogens (tertiary/aromatic N) is 2. The summed E-state index contributed by atoms with van der Waals surface area (Å²) in [6, 6.07) is 5.39. The molecule has 2 rings (SSSR count). The summed E-state index contributed by atoms with van der Waals surface area (Å²) in [5.74, 6) is 1.70. The van der Waals surface area contributed by atoms with Crippen LogP contribution in [0.3, 0.4) is 0 Å². The Balaban J connectivity index is 2.32. The minimum atomic E-state index is -0.188. The number of aromatic nitrogens is 2. The normalized spacial score (nSPS) is 12.4. The quantitative estimate of drug-likeness (QED) is 0.912. The van der Waals surface area contributed by atoms with Crippen molar-refractivity contribution in [2.24, 2.45) is 5.73 Å². The lowest BCUT2D eigenvalue weighted by Crippen LogP contribution is -2.11. The molecule has 1 heterocycles. The smallest absolute Gasteiger partial charge is 0.259 e. The first-order valence-electron chi connectivity index (χ1n) is 6.08. The van der Waals surface area contributed by atoms with Crippen LogP contribution in [0.2, 0.25) is 0 Å². The highest BCUT2D eigenvalue weighted by Crippen LogP contribution is 2.31. The highest BCUT2D eigenvalue weighted by molar-refractivity contribution is 9.10. The second kappa shape index (κ2) is 6.16. The van der Waals surface area contributed by atoms with Gasteiger partial charge in [0.15, 0.2) is 5.82 Å². The van der Waals surface area contributed by atoms with Gasteiger partial charge in [-0.2, -0.15) is 4.98 Å². The molecule has 102 valence electrons. The van der Waals surface area contributed by atoms with E-state index in [1.165, 1.54) is 0 Å². The van der Waals surface area contributed by atoms with Gasteiger partial charge in [-0.1, -0.05) is 18.5 Å². The molecule has 0 aliphatic carbocycles. The van der Waals surface area contributed by atoms with Gasteiger partial charge in [0, 0.05) is 4.47 Å². The zero-order valence-electron chi connectivity index (χ0n) is 10.9. The van der Waals surface area contributed by atoms with E-state index in [4.69, 9.17) is 15.0 Å². The number of rotatable bonds is 5. The molecule has 2 N–H and O–H groups in total. The first-order valence-corrected chi connectivity index (χ1v) is 6.88. The van der Waals surface area contributed by atoms with Crippen LogP contribution in [0.4, 0.5) is 0 Å². The fourth-order valence-corrected chi connectivity index (χ4v) is 2.15. The zero-order valence-corrected chi connectivity index (χ0v) is 12.5. The van der Waals surface area contributed by atoms with E-state index in [9.17, 15) is 0 Å². The van der Waals surface area contributed by atoms with E-state index in [0.29, 0.717) is 11.7 Å². The standard InChI is InChI=1S/C13H16BrN3O2/c1-3-4-11(15)12-16-13(19-17-12)9-7-8(18-2)5-6-10(9)14/h5-7,11H,3-4,15H2,1-2H3. The van der Waals surface area contributed by atoms with Gasteiger partial charge < -0.3 is 15.0 Å². The van der Waals surface area contributed by atoms with Crippen LogP contribution in [0.15, 0.2) is 27.2 Å². The van der Waals surface area contributed by atoms with Crippen molar-refractivity contribution >= 4 is 15.9 Å². The van der Waals surface area contributed by atoms with Crippen LogP contribution >= 0.6 is 15.9 Å². The van der Waals surface area contributed by atoms with E-state index in [0.717, 1.165) is 28.6 Å².